The van der Waals surface area contributed by atoms with E-state index in [1.54, 1.807) is 18.2 Å². The molecule has 0 bridgehead atoms. The number of halogens is 2. The Labute approximate surface area is 154 Å². The molecule has 0 aliphatic heterocycles. The first-order chi connectivity index (χ1) is 11.9. The summed E-state index contributed by atoms with van der Waals surface area (Å²) in [5.74, 6) is -0.754. The molecule has 6 nitrogen and oxygen atoms in total. The number of anilines is 1. The molecule has 3 rings (SSSR count). The minimum atomic E-state index is -1.10. The first-order valence-corrected chi connectivity index (χ1v) is 8.43. The summed E-state index contributed by atoms with van der Waals surface area (Å²) in [6.45, 7) is 0.271. The van der Waals surface area contributed by atoms with Gasteiger partial charge >= 0.3 is 5.97 Å². The van der Waals surface area contributed by atoms with Crippen molar-refractivity contribution in [1.29, 1.82) is 0 Å². The number of nitrogens with one attached hydrogen (secondary N) is 1. The van der Waals surface area contributed by atoms with Gasteiger partial charge in [0, 0.05) is 28.2 Å². The molecule has 0 unspecified atom stereocenters. The summed E-state index contributed by atoms with van der Waals surface area (Å²) < 4.78 is 1.51. The van der Waals surface area contributed by atoms with E-state index >= 15 is 0 Å². The Bertz CT molecular complexity index is 874. The van der Waals surface area contributed by atoms with Crippen LogP contribution in [0, 0.1) is 0 Å². The van der Waals surface area contributed by atoms with Gasteiger partial charge in [-0.2, -0.15) is 5.10 Å². The number of rotatable bonds is 5. The molecule has 0 spiro atoms. The molecule has 1 aromatic heterocycles. The molecular formula is C17H15Cl2N3O3. The van der Waals surface area contributed by atoms with Crippen molar-refractivity contribution in [3.8, 4) is 0 Å². The Morgan fingerprint density at radius 1 is 1.32 bits per heavy atom. The van der Waals surface area contributed by atoms with E-state index in [0.29, 0.717) is 34.4 Å². The predicted octanol–water partition coefficient (Wildman–Crippen LogP) is 3.99. The van der Waals surface area contributed by atoms with Crippen molar-refractivity contribution in [1.82, 2.24) is 9.78 Å². The van der Waals surface area contributed by atoms with Crippen LogP contribution in [0.2, 0.25) is 10.0 Å². The maximum Gasteiger partial charge on any atom is 0.341 e. The fourth-order valence-electron chi connectivity index (χ4n) is 2.65. The number of carboxylic acid groups (broad SMARTS) is 1. The van der Waals surface area contributed by atoms with Crippen LogP contribution < -0.4 is 5.32 Å². The second-order valence-corrected chi connectivity index (χ2v) is 6.56. The van der Waals surface area contributed by atoms with Gasteiger partial charge in [-0.25, -0.2) is 9.48 Å². The van der Waals surface area contributed by atoms with Crippen LogP contribution in [0.4, 0.5) is 5.82 Å². The Hall–Kier alpha value is -2.31. The molecule has 0 amide bonds. The lowest BCUT2D eigenvalue weighted by molar-refractivity contribution is -0.115. The van der Waals surface area contributed by atoms with Gasteiger partial charge in [-0.3, -0.25) is 4.79 Å². The lowest BCUT2D eigenvalue weighted by Gasteiger charge is -2.17. The minimum absolute atomic E-state index is 0.0254. The van der Waals surface area contributed by atoms with E-state index in [0.717, 1.165) is 12.0 Å². The number of aromatic carboxylic acids is 1. The van der Waals surface area contributed by atoms with E-state index in [1.807, 2.05) is 0 Å². The smallest absolute Gasteiger partial charge is 0.341 e. The Morgan fingerprint density at radius 2 is 2.12 bits per heavy atom. The van der Waals surface area contributed by atoms with Gasteiger partial charge in [0.1, 0.15) is 11.4 Å². The Balaban J connectivity index is 1.94. The van der Waals surface area contributed by atoms with E-state index < -0.39 is 5.97 Å². The first-order valence-electron chi connectivity index (χ1n) is 7.67. The molecule has 0 saturated heterocycles. The van der Waals surface area contributed by atoms with Crippen LogP contribution in [0.1, 0.15) is 35.2 Å². The van der Waals surface area contributed by atoms with Gasteiger partial charge in [0.05, 0.1) is 12.7 Å². The number of aromatic nitrogens is 2. The molecular weight excluding hydrogens is 365 g/mol. The number of benzene rings is 1. The highest BCUT2D eigenvalue weighted by molar-refractivity contribution is 6.35. The van der Waals surface area contributed by atoms with Crippen molar-refractivity contribution < 1.29 is 14.7 Å². The summed E-state index contributed by atoms with van der Waals surface area (Å²) in [6.07, 6.45) is 4.72. The fourth-order valence-corrected chi connectivity index (χ4v) is 3.12. The molecule has 2 N–H and O–H groups in total. The molecule has 0 atom stereocenters. The van der Waals surface area contributed by atoms with Gasteiger partial charge in [-0.1, -0.05) is 29.3 Å². The highest BCUT2D eigenvalue weighted by Crippen LogP contribution is 2.26. The SMILES string of the molecule is O=C1C=C(Nc2c(C(=O)O)cnn2Cc2ccc(Cl)cc2Cl)CCC1. The normalized spacial score (nSPS) is 14.3. The third-order valence-corrected chi connectivity index (χ3v) is 4.48. The quantitative estimate of drug-likeness (QED) is 0.820. The number of carbonyl (C=O) groups is 2. The van der Waals surface area contributed by atoms with E-state index in [1.165, 1.54) is 17.0 Å². The monoisotopic (exact) mass is 379 g/mol. The van der Waals surface area contributed by atoms with Crippen LogP contribution in [0.25, 0.3) is 0 Å². The van der Waals surface area contributed by atoms with Crippen molar-refractivity contribution in [2.45, 2.75) is 25.8 Å². The zero-order valence-electron chi connectivity index (χ0n) is 13.1. The molecule has 1 aliphatic carbocycles. The van der Waals surface area contributed by atoms with Gasteiger partial charge in [0.2, 0.25) is 0 Å². The maximum atomic E-state index is 11.6. The molecule has 0 radical (unpaired) electrons. The first kappa shape index (κ1) is 17.5. The Kier molecular flexibility index (Phi) is 5.11. The van der Waals surface area contributed by atoms with Gasteiger partial charge in [0.25, 0.3) is 0 Å². The molecule has 1 heterocycles. The average Bonchev–Trinajstić information content (AvgIpc) is 2.93. The van der Waals surface area contributed by atoms with Gasteiger partial charge in [0.15, 0.2) is 5.78 Å². The molecule has 130 valence electrons. The molecule has 8 heteroatoms. The second-order valence-electron chi connectivity index (χ2n) is 5.72. The van der Waals surface area contributed by atoms with E-state index in [4.69, 9.17) is 23.2 Å². The third kappa shape index (κ3) is 4.03. The summed E-state index contributed by atoms with van der Waals surface area (Å²) in [4.78, 5) is 23.1. The number of hydrogen-bond donors (Lipinski definition) is 2. The van der Waals surface area contributed by atoms with Crippen molar-refractivity contribution >= 4 is 40.8 Å². The summed E-state index contributed by atoms with van der Waals surface area (Å²) in [5.41, 5.74) is 1.47. The van der Waals surface area contributed by atoms with Crippen LogP contribution in [-0.4, -0.2) is 26.6 Å². The number of carboxylic acids is 1. The summed E-state index contributed by atoms with van der Waals surface area (Å²) in [7, 11) is 0. The van der Waals surface area contributed by atoms with E-state index in [-0.39, 0.29) is 17.9 Å². The summed E-state index contributed by atoms with van der Waals surface area (Å²) in [6, 6.07) is 5.09. The van der Waals surface area contributed by atoms with Crippen molar-refractivity contribution in [2.24, 2.45) is 0 Å². The predicted molar refractivity (Wildman–Crippen MR) is 95.3 cm³/mol. The number of nitrogens with zero attached hydrogens (tertiary/aromatic N) is 2. The van der Waals surface area contributed by atoms with Crippen LogP contribution in [0.3, 0.4) is 0 Å². The molecule has 0 fully saturated rings. The standard InChI is InChI=1S/C17H15Cl2N3O3/c18-11-5-4-10(15(19)6-11)9-22-16(14(8-20-22)17(24)25)21-12-2-1-3-13(23)7-12/h4-8,21H,1-3,9H2,(H,24,25). The summed E-state index contributed by atoms with van der Waals surface area (Å²) >= 11 is 12.1. The topological polar surface area (TPSA) is 84.2 Å². The fraction of sp³-hybridized carbons (Fsp3) is 0.235. The van der Waals surface area contributed by atoms with Crippen molar-refractivity contribution in [3.05, 3.63) is 57.3 Å². The number of hydrogen-bond acceptors (Lipinski definition) is 4. The highest BCUT2D eigenvalue weighted by Gasteiger charge is 2.20. The maximum absolute atomic E-state index is 11.6. The van der Waals surface area contributed by atoms with Gasteiger partial charge in [-0.15, -0.1) is 0 Å². The number of ketones is 1. The molecule has 1 aromatic carbocycles. The minimum Gasteiger partial charge on any atom is -0.477 e. The van der Waals surface area contributed by atoms with E-state index in [2.05, 4.69) is 10.4 Å². The second kappa shape index (κ2) is 7.29. The lowest BCUT2D eigenvalue weighted by atomic mass is 10.0. The Morgan fingerprint density at radius 3 is 2.80 bits per heavy atom. The van der Waals surface area contributed by atoms with Crippen LogP contribution in [0.5, 0.6) is 0 Å². The van der Waals surface area contributed by atoms with Crippen molar-refractivity contribution in [2.75, 3.05) is 5.32 Å². The van der Waals surface area contributed by atoms with Gasteiger partial charge < -0.3 is 10.4 Å². The van der Waals surface area contributed by atoms with Crippen molar-refractivity contribution in [3.63, 3.8) is 0 Å². The molecule has 1 aliphatic rings. The van der Waals surface area contributed by atoms with Gasteiger partial charge in [-0.05, 0) is 30.5 Å². The van der Waals surface area contributed by atoms with Crippen LogP contribution in [0.15, 0.2) is 36.2 Å². The largest absolute Gasteiger partial charge is 0.477 e. The third-order valence-electron chi connectivity index (χ3n) is 3.89. The molecule has 0 saturated carbocycles. The number of allylic oxidation sites excluding steroid dienone is 2. The number of carbonyl (C=O) groups excluding carboxylic acids is 1. The zero-order chi connectivity index (χ0) is 18.0. The van der Waals surface area contributed by atoms with Crippen LogP contribution in [-0.2, 0) is 11.3 Å². The summed E-state index contributed by atoms with van der Waals surface area (Å²) in [5, 5.41) is 17.6. The molecule has 25 heavy (non-hydrogen) atoms. The average molecular weight is 380 g/mol. The van der Waals surface area contributed by atoms with Crippen LogP contribution >= 0.6 is 23.2 Å². The zero-order valence-corrected chi connectivity index (χ0v) is 14.6. The van der Waals surface area contributed by atoms with E-state index in [9.17, 15) is 14.7 Å². The highest BCUT2D eigenvalue weighted by atomic mass is 35.5. The molecule has 2 aromatic rings. The lowest BCUT2D eigenvalue weighted by Crippen LogP contribution is -2.15.